The Bertz CT molecular complexity index is 524. The standard InChI is InChI=1S/C9H7NOS2/c1-5(11)6-2-3-8-7(4-6)10-9(12)13-8/h2-4H,1H3,(H,10,12). The molecule has 0 fully saturated rings. The van der Waals surface area contributed by atoms with Gasteiger partial charge in [0, 0.05) is 5.56 Å². The molecule has 2 nitrogen and oxygen atoms in total. The summed E-state index contributed by atoms with van der Waals surface area (Å²) in [5.74, 6) is 0.0763. The Morgan fingerprint density at radius 1 is 1.54 bits per heavy atom. The molecule has 1 aromatic heterocycles. The molecular weight excluding hydrogens is 202 g/mol. The van der Waals surface area contributed by atoms with E-state index in [9.17, 15) is 4.79 Å². The van der Waals surface area contributed by atoms with Gasteiger partial charge in [-0.1, -0.05) is 0 Å². The fraction of sp³-hybridized carbons (Fsp3) is 0.111. The molecule has 2 rings (SSSR count). The van der Waals surface area contributed by atoms with Crippen LogP contribution in [-0.4, -0.2) is 10.8 Å². The van der Waals surface area contributed by atoms with Crippen LogP contribution in [0.2, 0.25) is 0 Å². The van der Waals surface area contributed by atoms with E-state index >= 15 is 0 Å². The van der Waals surface area contributed by atoms with Crippen LogP contribution >= 0.6 is 23.6 Å². The molecule has 13 heavy (non-hydrogen) atoms. The Kier molecular flexibility index (Phi) is 2.01. The van der Waals surface area contributed by atoms with Crippen molar-refractivity contribution in [3.05, 3.63) is 27.7 Å². The third-order valence-electron chi connectivity index (χ3n) is 1.83. The lowest BCUT2D eigenvalue weighted by Crippen LogP contribution is -1.90. The van der Waals surface area contributed by atoms with E-state index in [1.54, 1.807) is 6.92 Å². The summed E-state index contributed by atoms with van der Waals surface area (Å²) in [5.41, 5.74) is 1.67. The van der Waals surface area contributed by atoms with Crippen molar-refractivity contribution in [2.75, 3.05) is 0 Å². The average Bonchev–Trinajstić information content (AvgIpc) is 2.42. The third kappa shape index (κ3) is 1.55. The first kappa shape index (κ1) is 8.59. The van der Waals surface area contributed by atoms with Crippen molar-refractivity contribution < 1.29 is 4.79 Å². The second kappa shape index (κ2) is 3.05. The minimum absolute atomic E-state index is 0.0763. The average molecular weight is 209 g/mol. The third-order valence-corrected chi connectivity index (χ3v) is 3.04. The van der Waals surface area contributed by atoms with E-state index in [0.29, 0.717) is 0 Å². The van der Waals surface area contributed by atoms with Gasteiger partial charge < -0.3 is 4.98 Å². The number of ketones is 1. The smallest absolute Gasteiger partial charge is 0.159 e. The number of aromatic amines is 1. The van der Waals surface area contributed by atoms with Gasteiger partial charge in [0.1, 0.15) is 0 Å². The molecule has 0 bridgehead atoms. The van der Waals surface area contributed by atoms with E-state index < -0.39 is 0 Å². The molecule has 0 aliphatic rings. The number of rotatable bonds is 1. The summed E-state index contributed by atoms with van der Waals surface area (Å²) in [6.45, 7) is 1.56. The number of carbonyl (C=O) groups is 1. The topological polar surface area (TPSA) is 32.9 Å². The van der Waals surface area contributed by atoms with Gasteiger partial charge in [-0.2, -0.15) is 0 Å². The number of hydrogen-bond acceptors (Lipinski definition) is 3. The zero-order valence-electron chi connectivity index (χ0n) is 6.96. The number of benzene rings is 1. The van der Waals surface area contributed by atoms with Crippen molar-refractivity contribution in [1.29, 1.82) is 0 Å². The lowest BCUT2D eigenvalue weighted by Gasteiger charge is -1.93. The van der Waals surface area contributed by atoms with Gasteiger partial charge in [-0.15, -0.1) is 11.3 Å². The summed E-state index contributed by atoms with van der Waals surface area (Å²) in [6.07, 6.45) is 0. The summed E-state index contributed by atoms with van der Waals surface area (Å²) >= 11 is 6.52. The van der Waals surface area contributed by atoms with Crippen molar-refractivity contribution in [3.63, 3.8) is 0 Å². The lowest BCUT2D eigenvalue weighted by molar-refractivity contribution is 0.101. The van der Waals surface area contributed by atoms with Crippen LogP contribution < -0.4 is 0 Å². The van der Waals surface area contributed by atoms with Crippen molar-refractivity contribution in [3.8, 4) is 0 Å². The Balaban J connectivity index is 2.74. The summed E-state index contributed by atoms with van der Waals surface area (Å²) in [6, 6.07) is 5.58. The van der Waals surface area contributed by atoms with Crippen molar-refractivity contribution in [2.45, 2.75) is 6.92 Å². The maximum absolute atomic E-state index is 11.1. The molecule has 0 aliphatic carbocycles. The minimum atomic E-state index is 0.0763. The van der Waals surface area contributed by atoms with Crippen LogP contribution in [0.15, 0.2) is 18.2 Å². The molecule has 0 radical (unpaired) electrons. The normalized spacial score (nSPS) is 10.5. The first-order valence-electron chi connectivity index (χ1n) is 3.80. The van der Waals surface area contributed by atoms with Gasteiger partial charge in [0.25, 0.3) is 0 Å². The van der Waals surface area contributed by atoms with Gasteiger partial charge >= 0.3 is 0 Å². The second-order valence-corrected chi connectivity index (χ2v) is 4.50. The monoisotopic (exact) mass is 209 g/mol. The molecule has 0 saturated carbocycles. The van der Waals surface area contributed by atoms with Crippen LogP contribution in [0.1, 0.15) is 17.3 Å². The highest BCUT2D eigenvalue weighted by Gasteiger charge is 2.01. The fourth-order valence-electron chi connectivity index (χ4n) is 1.17. The summed E-state index contributed by atoms with van der Waals surface area (Å²) in [7, 11) is 0. The predicted molar refractivity (Wildman–Crippen MR) is 57.0 cm³/mol. The van der Waals surface area contributed by atoms with E-state index in [0.717, 1.165) is 19.7 Å². The molecular formula is C9H7NOS2. The summed E-state index contributed by atoms with van der Waals surface area (Å²) < 4.78 is 1.84. The zero-order valence-corrected chi connectivity index (χ0v) is 8.59. The molecule has 1 aromatic carbocycles. The molecule has 0 unspecified atom stereocenters. The molecule has 1 N–H and O–H groups in total. The fourth-order valence-corrected chi connectivity index (χ4v) is 2.27. The number of fused-ring (bicyclic) bond motifs is 1. The largest absolute Gasteiger partial charge is 0.337 e. The lowest BCUT2D eigenvalue weighted by atomic mass is 10.1. The van der Waals surface area contributed by atoms with Crippen molar-refractivity contribution in [1.82, 2.24) is 4.98 Å². The molecule has 2 aromatic rings. The Morgan fingerprint density at radius 2 is 2.31 bits per heavy atom. The number of Topliss-reactive ketones (excluding diaryl/α,β-unsaturated/α-hetero) is 1. The predicted octanol–water partition coefficient (Wildman–Crippen LogP) is 3.16. The summed E-state index contributed by atoms with van der Waals surface area (Å²) in [4.78, 5) is 14.1. The first-order valence-corrected chi connectivity index (χ1v) is 5.03. The second-order valence-electron chi connectivity index (χ2n) is 2.78. The van der Waals surface area contributed by atoms with Crippen LogP contribution in [0.3, 0.4) is 0 Å². The molecule has 0 saturated heterocycles. The number of nitrogens with one attached hydrogen (secondary N) is 1. The number of thiazole rings is 1. The number of hydrogen-bond donors (Lipinski definition) is 1. The van der Waals surface area contributed by atoms with Gasteiger partial charge in [0.15, 0.2) is 9.74 Å². The Labute approximate surface area is 84.2 Å². The van der Waals surface area contributed by atoms with E-state index in [2.05, 4.69) is 4.98 Å². The van der Waals surface area contributed by atoms with Crippen LogP contribution in [0.5, 0.6) is 0 Å². The highest BCUT2D eigenvalue weighted by Crippen LogP contribution is 2.20. The van der Waals surface area contributed by atoms with E-state index in [1.165, 1.54) is 11.3 Å². The van der Waals surface area contributed by atoms with Gasteiger partial charge in [-0.05, 0) is 37.3 Å². The van der Waals surface area contributed by atoms with E-state index in [1.807, 2.05) is 18.2 Å². The molecule has 0 atom stereocenters. The quantitative estimate of drug-likeness (QED) is 0.578. The molecule has 1 heterocycles. The van der Waals surface area contributed by atoms with Gasteiger partial charge in [0.2, 0.25) is 0 Å². The van der Waals surface area contributed by atoms with E-state index in [-0.39, 0.29) is 5.78 Å². The molecule has 66 valence electrons. The molecule has 4 heteroatoms. The highest BCUT2D eigenvalue weighted by molar-refractivity contribution is 7.73. The van der Waals surface area contributed by atoms with Gasteiger partial charge in [-0.3, -0.25) is 4.79 Å². The zero-order chi connectivity index (χ0) is 9.42. The van der Waals surface area contributed by atoms with Crippen LogP contribution in [-0.2, 0) is 0 Å². The number of aromatic nitrogens is 1. The van der Waals surface area contributed by atoms with Crippen molar-refractivity contribution >= 4 is 39.6 Å². The molecule has 0 amide bonds. The Hall–Kier alpha value is -1.00. The highest BCUT2D eigenvalue weighted by atomic mass is 32.1. The minimum Gasteiger partial charge on any atom is -0.337 e. The first-order chi connectivity index (χ1) is 6.16. The maximum Gasteiger partial charge on any atom is 0.159 e. The number of carbonyl (C=O) groups excluding carboxylic acids is 1. The maximum atomic E-state index is 11.1. The summed E-state index contributed by atoms with van der Waals surface area (Å²) in [5, 5.41) is 0. The van der Waals surface area contributed by atoms with Crippen LogP contribution in [0, 0.1) is 3.95 Å². The SMILES string of the molecule is CC(=O)c1ccc2sc(=S)[nH]c2c1. The van der Waals surface area contributed by atoms with Crippen LogP contribution in [0.4, 0.5) is 0 Å². The Morgan fingerprint density at radius 3 is 3.00 bits per heavy atom. The van der Waals surface area contributed by atoms with Crippen LogP contribution in [0.25, 0.3) is 10.2 Å². The van der Waals surface area contributed by atoms with Gasteiger partial charge in [0.05, 0.1) is 10.2 Å². The van der Waals surface area contributed by atoms with Crippen molar-refractivity contribution in [2.24, 2.45) is 0 Å². The molecule has 0 spiro atoms. The molecule has 0 aliphatic heterocycles. The van der Waals surface area contributed by atoms with Gasteiger partial charge in [-0.25, -0.2) is 0 Å². The number of H-pyrrole nitrogens is 1. The van der Waals surface area contributed by atoms with E-state index in [4.69, 9.17) is 12.2 Å².